The highest BCUT2D eigenvalue weighted by molar-refractivity contribution is 6.04. The van der Waals surface area contributed by atoms with Crippen LogP contribution in [-0.4, -0.2) is 15.9 Å². The van der Waals surface area contributed by atoms with Gasteiger partial charge in [0.15, 0.2) is 0 Å². The number of aliphatic hydroxyl groups is 1. The first-order valence-electron chi connectivity index (χ1n) is 7.84. The fourth-order valence-electron chi connectivity index (χ4n) is 2.54. The number of rotatable bonds is 5. The second kappa shape index (κ2) is 7.20. The number of furan rings is 1. The first-order chi connectivity index (χ1) is 12.5. The molecule has 0 unspecified atom stereocenters. The van der Waals surface area contributed by atoms with Crippen LogP contribution < -0.4 is 5.32 Å². The molecule has 26 heavy (non-hydrogen) atoms. The number of nitro groups is 1. The van der Waals surface area contributed by atoms with Gasteiger partial charge in [-0.25, -0.2) is 0 Å². The summed E-state index contributed by atoms with van der Waals surface area (Å²) in [4.78, 5) is 22.7. The third-order valence-electron chi connectivity index (χ3n) is 3.90. The summed E-state index contributed by atoms with van der Waals surface area (Å²) in [6.07, 6.45) is 0. The van der Waals surface area contributed by atoms with Crippen molar-refractivity contribution in [1.29, 1.82) is 0 Å². The van der Waals surface area contributed by atoms with E-state index in [9.17, 15) is 14.9 Å². The van der Waals surface area contributed by atoms with E-state index in [1.165, 1.54) is 18.2 Å². The summed E-state index contributed by atoms with van der Waals surface area (Å²) in [5, 5.41) is 22.6. The Balaban J connectivity index is 1.73. The van der Waals surface area contributed by atoms with E-state index < -0.39 is 4.92 Å². The fraction of sp³-hybridized carbons (Fsp3) is 0.105. The zero-order valence-corrected chi connectivity index (χ0v) is 13.9. The third kappa shape index (κ3) is 3.62. The van der Waals surface area contributed by atoms with Crippen molar-refractivity contribution in [3.05, 3.63) is 81.6 Å². The zero-order chi connectivity index (χ0) is 18.7. The van der Waals surface area contributed by atoms with Crippen molar-refractivity contribution in [3.8, 4) is 11.3 Å². The molecule has 0 bridgehead atoms. The molecule has 0 spiro atoms. The van der Waals surface area contributed by atoms with Gasteiger partial charge in [0.05, 0.1) is 4.92 Å². The molecule has 0 aliphatic carbocycles. The summed E-state index contributed by atoms with van der Waals surface area (Å²) in [7, 11) is 0. The second-order valence-electron chi connectivity index (χ2n) is 5.71. The number of hydrogen-bond donors (Lipinski definition) is 2. The standard InChI is InChI=1S/C19H16N2O5/c1-12-10-14(4-8-17(12)21(24)25)19(23)20-15-5-2-13(3-6-15)18-9-7-16(11-22)26-18/h2-10,22H,11H2,1H3,(H,20,23). The summed E-state index contributed by atoms with van der Waals surface area (Å²) in [5.41, 5.74) is 2.15. The van der Waals surface area contributed by atoms with Crippen LogP contribution >= 0.6 is 0 Å². The molecule has 0 atom stereocenters. The Morgan fingerprint density at radius 2 is 1.88 bits per heavy atom. The van der Waals surface area contributed by atoms with E-state index in [2.05, 4.69) is 5.32 Å². The van der Waals surface area contributed by atoms with Crippen LogP contribution in [0.3, 0.4) is 0 Å². The topological polar surface area (TPSA) is 106 Å². The Morgan fingerprint density at radius 3 is 2.46 bits per heavy atom. The Labute approximate surface area is 149 Å². The molecule has 132 valence electrons. The van der Waals surface area contributed by atoms with E-state index >= 15 is 0 Å². The van der Waals surface area contributed by atoms with Gasteiger partial charge in [0.1, 0.15) is 18.1 Å². The normalized spacial score (nSPS) is 10.5. The highest BCUT2D eigenvalue weighted by atomic mass is 16.6. The number of anilines is 1. The lowest BCUT2D eigenvalue weighted by Crippen LogP contribution is -2.12. The maximum Gasteiger partial charge on any atom is 0.272 e. The van der Waals surface area contributed by atoms with Crippen LogP contribution in [0.5, 0.6) is 0 Å². The van der Waals surface area contributed by atoms with E-state index in [0.29, 0.717) is 28.3 Å². The van der Waals surface area contributed by atoms with Crippen molar-refractivity contribution in [2.24, 2.45) is 0 Å². The molecule has 7 nitrogen and oxygen atoms in total. The molecule has 3 aromatic rings. The summed E-state index contributed by atoms with van der Waals surface area (Å²) in [6.45, 7) is 1.43. The van der Waals surface area contributed by atoms with Gasteiger partial charge in [-0.3, -0.25) is 14.9 Å². The van der Waals surface area contributed by atoms with Crippen LogP contribution in [-0.2, 0) is 6.61 Å². The number of hydrogen-bond acceptors (Lipinski definition) is 5. The van der Waals surface area contributed by atoms with E-state index in [0.717, 1.165) is 5.56 Å². The Hall–Kier alpha value is -3.45. The summed E-state index contributed by atoms with van der Waals surface area (Å²) in [5.74, 6) is 0.750. The molecule has 0 saturated carbocycles. The van der Waals surface area contributed by atoms with Gasteiger partial charge < -0.3 is 14.8 Å². The van der Waals surface area contributed by atoms with Crippen molar-refractivity contribution in [1.82, 2.24) is 0 Å². The Bertz CT molecular complexity index is 960. The Kier molecular flexibility index (Phi) is 4.81. The van der Waals surface area contributed by atoms with Gasteiger partial charge in [0, 0.05) is 28.4 Å². The highest BCUT2D eigenvalue weighted by Gasteiger charge is 2.14. The number of amides is 1. The van der Waals surface area contributed by atoms with Gasteiger partial charge >= 0.3 is 0 Å². The van der Waals surface area contributed by atoms with Crippen molar-refractivity contribution in [3.63, 3.8) is 0 Å². The van der Waals surface area contributed by atoms with Crippen LogP contribution in [0.1, 0.15) is 21.7 Å². The lowest BCUT2D eigenvalue weighted by molar-refractivity contribution is -0.385. The van der Waals surface area contributed by atoms with E-state index in [4.69, 9.17) is 9.52 Å². The number of carbonyl (C=O) groups is 1. The van der Waals surface area contributed by atoms with Crippen LogP contribution in [0.2, 0.25) is 0 Å². The molecule has 0 radical (unpaired) electrons. The monoisotopic (exact) mass is 352 g/mol. The number of nitrogens with zero attached hydrogens (tertiary/aromatic N) is 1. The lowest BCUT2D eigenvalue weighted by atomic mass is 10.1. The molecule has 3 rings (SSSR count). The number of aryl methyl sites for hydroxylation is 1. The summed E-state index contributed by atoms with van der Waals surface area (Å²) in [6, 6.07) is 14.7. The third-order valence-corrected chi connectivity index (χ3v) is 3.90. The number of benzene rings is 2. The van der Waals surface area contributed by atoms with Gasteiger partial charge in [-0.15, -0.1) is 0 Å². The molecule has 2 N–H and O–H groups in total. The molecule has 7 heteroatoms. The summed E-state index contributed by atoms with van der Waals surface area (Å²) >= 11 is 0. The fourth-order valence-corrected chi connectivity index (χ4v) is 2.54. The van der Waals surface area contributed by atoms with Crippen LogP contribution in [0.15, 0.2) is 59.0 Å². The minimum Gasteiger partial charge on any atom is -0.459 e. The molecule has 2 aromatic carbocycles. The SMILES string of the molecule is Cc1cc(C(=O)Nc2ccc(-c3ccc(CO)o3)cc2)ccc1[N+](=O)[O-]. The van der Waals surface area contributed by atoms with Crippen LogP contribution in [0, 0.1) is 17.0 Å². The van der Waals surface area contributed by atoms with Crippen LogP contribution in [0.4, 0.5) is 11.4 Å². The number of aliphatic hydroxyl groups excluding tert-OH is 1. The molecular weight excluding hydrogens is 336 g/mol. The molecule has 0 fully saturated rings. The van der Waals surface area contributed by atoms with Gasteiger partial charge in [-0.1, -0.05) is 0 Å². The maximum absolute atomic E-state index is 12.3. The van der Waals surface area contributed by atoms with E-state index in [1.54, 1.807) is 43.3 Å². The molecule has 0 saturated heterocycles. The van der Waals surface area contributed by atoms with Gasteiger partial charge in [0.2, 0.25) is 0 Å². The van der Waals surface area contributed by atoms with Gasteiger partial charge in [-0.2, -0.15) is 0 Å². The number of nitrogens with one attached hydrogen (secondary N) is 1. The molecule has 1 amide bonds. The zero-order valence-electron chi connectivity index (χ0n) is 13.9. The molecule has 0 aliphatic rings. The van der Waals surface area contributed by atoms with Crippen LogP contribution in [0.25, 0.3) is 11.3 Å². The van der Waals surface area contributed by atoms with Crippen molar-refractivity contribution >= 4 is 17.3 Å². The molecule has 0 aliphatic heterocycles. The van der Waals surface area contributed by atoms with Gasteiger partial charge in [0.25, 0.3) is 11.6 Å². The van der Waals surface area contributed by atoms with Crippen molar-refractivity contribution in [2.75, 3.05) is 5.32 Å². The average molecular weight is 352 g/mol. The highest BCUT2D eigenvalue weighted by Crippen LogP contribution is 2.24. The van der Waals surface area contributed by atoms with Gasteiger partial charge in [-0.05, 0) is 55.5 Å². The van der Waals surface area contributed by atoms with Crippen molar-refractivity contribution < 1.29 is 19.2 Å². The van der Waals surface area contributed by atoms with Crippen molar-refractivity contribution in [2.45, 2.75) is 13.5 Å². The number of carbonyl (C=O) groups excluding carboxylic acids is 1. The Morgan fingerprint density at radius 1 is 1.15 bits per heavy atom. The molecule has 1 aromatic heterocycles. The first-order valence-corrected chi connectivity index (χ1v) is 7.84. The van der Waals surface area contributed by atoms with E-state index in [1.807, 2.05) is 0 Å². The minimum absolute atomic E-state index is 0.0217. The predicted octanol–water partition coefficient (Wildman–Crippen LogP) is 3.91. The second-order valence-corrected chi connectivity index (χ2v) is 5.71. The predicted molar refractivity (Wildman–Crippen MR) is 95.9 cm³/mol. The smallest absolute Gasteiger partial charge is 0.272 e. The largest absolute Gasteiger partial charge is 0.459 e. The van der Waals surface area contributed by atoms with E-state index in [-0.39, 0.29) is 18.2 Å². The quantitative estimate of drug-likeness (QED) is 0.535. The molecular formula is C19H16N2O5. The maximum atomic E-state index is 12.3. The average Bonchev–Trinajstić information content (AvgIpc) is 3.11. The lowest BCUT2D eigenvalue weighted by Gasteiger charge is -2.07. The first kappa shape index (κ1) is 17.4. The minimum atomic E-state index is -0.480. The summed E-state index contributed by atoms with van der Waals surface area (Å²) < 4.78 is 5.46. The number of nitro benzene ring substituents is 1. The molecule has 1 heterocycles.